The molecule has 1 rings (SSSR count). The van der Waals surface area contributed by atoms with Crippen molar-refractivity contribution in [3.8, 4) is 0 Å². The Morgan fingerprint density at radius 3 is 3.00 bits per heavy atom. The molecule has 0 fully saturated rings. The molecule has 84 valence electrons. The molecule has 3 N–H and O–H groups in total. The van der Waals surface area contributed by atoms with Crippen LogP contribution in [0.2, 0.25) is 0 Å². The summed E-state index contributed by atoms with van der Waals surface area (Å²) in [5, 5.41) is 13.6. The van der Waals surface area contributed by atoms with Crippen molar-refractivity contribution in [1.29, 1.82) is 0 Å². The molecule has 0 saturated carbocycles. The van der Waals surface area contributed by atoms with Crippen LogP contribution in [-0.2, 0) is 6.54 Å². The molecule has 0 amide bonds. The standard InChI is InChI=1S/C10H17N3OS/c1-2-5-13(8-10(11)12-14)7-9-4-3-6-15-9/h3-4,6,14H,2,5,7-8H2,1H3,(H2,11,12). The monoisotopic (exact) mass is 227 g/mol. The van der Waals surface area contributed by atoms with Crippen molar-refractivity contribution in [3.63, 3.8) is 0 Å². The van der Waals surface area contributed by atoms with E-state index in [-0.39, 0.29) is 5.84 Å². The first kappa shape index (κ1) is 12.0. The average Bonchev–Trinajstić information content (AvgIpc) is 2.70. The van der Waals surface area contributed by atoms with Crippen LogP contribution in [0.1, 0.15) is 18.2 Å². The van der Waals surface area contributed by atoms with Crippen molar-refractivity contribution >= 4 is 17.2 Å². The summed E-state index contributed by atoms with van der Waals surface area (Å²) >= 11 is 1.73. The highest BCUT2D eigenvalue weighted by atomic mass is 32.1. The Morgan fingerprint density at radius 2 is 2.47 bits per heavy atom. The molecule has 1 heterocycles. The van der Waals surface area contributed by atoms with Gasteiger partial charge in [-0.3, -0.25) is 4.90 Å². The van der Waals surface area contributed by atoms with Gasteiger partial charge >= 0.3 is 0 Å². The number of nitrogens with two attached hydrogens (primary N) is 1. The van der Waals surface area contributed by atoms with Crippen molar-refractivity contribution in [2.24, 2.45) is 10.9 Å². The van der Waals surface area contributed by atoms with E-state index < -0.39 is 0 Å². The smallest absolute Gasteiger partial charge is 0.153 e. The van der Waals surface area contributed by atoms with E-state index in [1.54, 1.807) is 11.3 Å². The van der Waals surface area contributed by atoms with Gasteiger partial charge in [-0.15, -0.1) is 11.3 Å². The summed E-state index contributed by atoms with van der Waals surface area (Å²) in [6, 6.07) is 4.13. The number of nitrogens with zero attached hydrogens (tertiary/aromatic N) is 2. The predicted octanol–water partition coefficient (Wildman–Crippen LogP) is 1.71. The Balaban J connectivity index is 2.50. The van der Waals surface area contributed by atoms with Crippen LogP contribution in [0.5, 0.6) is 0 Å². The maximum atomic E-state index is 8.52. The van der Waals surface area contributed by atoms with Gasteiger partial charge < -0.3 is 10.9 Å². The first-order valence-electron chi connectivity index (χ1n) is 4.97. The lowest BCUT2D eigenvalue weighted by atomic mass is 10.3. The summed E-state index contributed by atoms with van der Waals surface area (Å²) in [5.41, 5.74) is 5.49. The molecule has 0 aromatic carbocycles. The second-order valence-corrected chi connectivity index (χ2v) is 4.41. The van der Waals surface area contributed by atoms with Crippen molar-refractivity contribution in [2.45, 2.75) is 19.9 Å². The Bertz CT molecular complexity index is 298. The van der Waals surface area contributed by atoms with Gasteiger partial charge in [0.1, 0.15) is 0 Å². The van der Waals surface area contributed by atoms with E-state index >= 15 is 0 Å². The molecular formula is C10H17N3OS. The van der Waals surface area contributed by atoms with E-state index in [0.717, 1.165) is 19.5 Å². The summed E-state index contributed by atoms with van der Waals surface area (Å²) < 4.78 is 0. The van der Waals surface area contributed by atoms with E-state index in [2.05, 4.69) is 28.4 Å². The van der Waals surface area contributed by atoms with Gasteiger partial charge in [0.25, 0.3) is 0 Å². The van der Waals surface area contributed by atoms with Crippen LogP contribution in [-0.4, -0.2) is 29.0 Å². The SMILES string of the molecule is CCCN(CC(N)=NO)Cc1cccs1. The quantitative estimate of drug-likeness (QED) is 0.336. The minimum absolute atomic E-state index is 0.264. The molecule has 0 saturated heterocycles. The van der Waals surface area contributed by atoms with Crippen molar-refractivity contribution < 1.29 is 5.21 Å². The second kappa shape index (κ2) is 6.42. The van der Waals surface area contributed by atoms with Crippen LogP contribution in [0.25, 0.3) is 0 Å². The zero-order valence-corrected chi connectivity index (χ0v) is 9.70. The van der Waals surface area contributed by atoms with E-state index in [9.17, 15) is 0 Å². The van der Waals surface area contributed by atoms with Crippen molar-refractivity contribution in [1.82, 2.24) is 4.90 Å². The Hall–Kier alpha value is -1.07. The Morgan fingerprint density at radius 1 is 1.67 bits per heavy atom. The minimum Gasteiger partial charge on any atom is -0.409 e. The molecule has 5 heteroatoms. The summed E-state index contributed by atoms with van der Waals surface area (Å²) in [6.07, 6.45) is 1.06. The van der Waals surface area contributed by atoms with E-state index in [1.165, 1.54) is 4.88 Å². The summed E-state index contributed by atoms with van der Waals surface area (Å²) in [5.74, 6) is 0.264. The number of hydrogen-bond donors (Lipinski definition) is 2. The van der Waals surface area contributed by atoms with E-state index in [4.69, 9.17) is 10.9 Å². The van der Waals surface area contributed by atoms with Gasteiger partial charge in [-0.1, -0.05) is 18.1 Å². The molecule has 0 unspecified atom stereocenters. The molecule has 1 aromatic rings. The van der Waals surface area contributed by atoms with Crippen LogP contribution in [0.3, 0.4) is 0 Å². The largest absolute Gasteiger partial charge is 0.409 e. The highest BCUT2D eigenvalue weighted by molar-refractivity contribution is 7.09. The van der Waals surface area contributed by atoms with Gasteiger partial charge in [0.2, 0.25) is 0 Å². The maximum Gasteiger partial charge on any atom is 0.153 e. The average molecular weight is 227 g/mol. The van der Waals surface area contributed by atoms with Gasteiger partial charge in [0.05, 0.1) is 6.54 Å². The molecule has 0 aliphatic carbocycles. The normalized spacial score (nSPS) is 12.3. The Labute approximate surface area is 94.0 Å². The number of oxime groups is 1. The first-order chi connectivity index (χ1) is 7.26. The number of hydrogen-bond acceptors (Lipinski definition) is 4. The molecule has 0 radical (unpaired) electrons. The van der Waals surface area contributed by atoms with Crippen LogP contribution >= 0.6 is 11.3 Å². The van der Waals surface area contributed by atoms with Crippen molar-refractivity contribution in [3.05, 3.63) is 22.4 Å². The first-order valence-corrected chi connectivity index (χ1v) is 5.85. The topological polar surface area (TPSA) is 61.8 Å². The lowest BCUT2D eigenvalue weighted by molar-refractivity contribution is 0.287. The molecular weight excluding hydrogens is 210 g/mol. The zero-order chi connectivity index (χ0) is 11.1. The maximum absolute atomic E-state index is 8.52. The van der Waals surface area contributed by atoms with Gasteiger partial charge in [-0.05, 0) is 24.4 Å². The lowest BCUT2D eigenvalue weighted by Crippen LogP contribution is -2.33. The number of thiophene rings is 1. The van der Waals surface area contributed by atoms with Crippen molar-refractivity contribution in [2.75, 3.05) is 13.1 Å². The third-order valence-electron chi connectivity index (χ3n) is 2.01. The fourth-order valence-electron chi connectivity index (χ4n) is 1.41. The highest BCUT2D eigenvalue weighted by Gasteiger charge is 2.07. The third kappa shape index (κ3) is 4.31. The molecule has 0 aliphatic heterocycles. The summed E-state index contributed by atoms with van der Waals surface area (Å²) in [6.45, 7) is 4.45. The third-order valence-corrected chi connectivity index (χ3v) is 2.87. The van der Waals surface area contributed by atoms with Crippen LogP contribution in [0.4, 0.5) is 0 Å². The molecule has 0 aliphatic rings. The molecule has 0 atom stereocenters. The van der Waals surface area contributed by atoms with E-state index in [1.807, 2.05) is 6.07 Å². The fourth-order valence-corrected chi connectivity index (χ4v) is 2.16. The summed E-state index contributed by atoms with van der Waals surface area (Å²) in [4.78, 5) is 3.47. The second-order valence-electron chi connectivity index (χ2n) is 3.38. The van der Waals surface area contributed by atoms with Crippen LogP contribution in [0.15, 0.2) is 22.7 Å². The highest BCUT2D eigenvalue weighted by Crippen LogP contribution is 2.11. The summed E-state index contributed by atoms with van der Waals surface area (Å²) in [7, 11) is 0. The van der Waals surface area contributed by atoms with Gasteiger partial charge in [-0.2, -0.15) is 0 Å². The minimum atomic E-state index is 0.264. The zero-order valence-electron chi connectivity index (χ0n) is 8.89. The molecule has 0 bridgehead atoms. The van der Waals surface area contributed by atoms with Gasteiger partial charge in [0, 0.05) is 11.4 Å². The molecule has 0 spiro atoms. The Kier molecular flexibility index (Phi) is 5.14. The lowest BCUT2D eigenvalue weighted by Gasteiger charge is -2.19. The van der Waals surface area contributed by atoms with Crippen LogP contribution < -0.4 is 5.73 Å². The number of rotatable bonds is 6. The van der Waals surface area contributed by atoms with E-state index in [0.29, 0.717) is 6.54 Å². The molecule has 15 heavy (non-hydrogen) atoms. The predicted molar refractivity (Wildman–Crippen MR) is 63.3 cm³/mol. The van der Waals surface area contributed by atoms with Gasteiger partial charge in [-0.25, -0.2) is 0 Å². The number of amidine groups is 1. The van der Waals surface area contributed by atoms with Crippen LogP contribution in [0, 0.1) is 0 Å². The molecule has 1 aromatic heterocycles. The fraction of sp³-hybridized carbons (Fsp3) is 0.500. The van der Waals surface area contributed by atoms with Gasteiger partial charge in [0.15, 0.2) is 5.84 Å². The molecule has 4 nitrogen and oxygen atoms in total.